The molecule has 74 heavy (non-hydrogen) atoms. The molecule has 2 aliphatic carbocycles. The summed E-state index contributed by atoms with van der Waals surface area (Å²) in [6.45, 7) is 7.59. The largest absolute Gasteiger partial charge is 0.494 e. The Bertz CT molecular complexity index is 2400. The minimum atomic E-state index is 0.695. The van der Waals surface area contributed by atoms with Crippen LogP contribution in [0.5, 0.6) is 23.0 Å². The van der Waals surface area contributed by atoms with Gasteiger partial charge in [0, 0.05) is 11.1 Å². The zero-order chi connectivity index (χ0) is 50.6. The van der Waals surface area contributed by atoms with Crippen LogP contribution < -0.4 is 18.9 Å². The number of benzene rings is 6. The molecule has 4 heteroatoms. The minimum Gasteiger partial charge on any atom is -0.494 e. The highest BCUT2D eigenvalue weighted by atomic mass is 16.5. The Balaban J connectivity index is 0.728. The van der Waals surface area contributed by atoms with Crippen LogP contribution in [-0.2, 0) is 12.8 Å². The first-order valence-electron chi connectivity index (χ1n) is 30.4. The summed E-state index contributed by atoms with van der Waals surface area (Å²) in [6.07, 6.45) is 35.7. The van der Waals surface area contributed by atoms with Crippen molar-refractivity contribution in [1.82, 2.24) is 0 Å². The summed E-state index contributed by atoms with van der Waals surface area (Å²) >= 11 is 0. The molecule has 396 valence electrons. The molecule has 1 heterocycles. The van der Waals surface area contributed by atoms with E-state index < -0.39 is 0 Å². The summed E-state index contributed by atoms with van der Waals surface area (Å²) in [7, 11) is 0. The Morgan fingerprint density at radius 2 is 0.824 bits per heavy atom. The number of ether oxygens (including phenoxy) is 4. The molecule has 0 unspecified atom stereocenters. The van der Waals surface area contributed by atoms with E-state index in [0.717, 1.165) is 110 Å². The van der Waals surface area contributed by atoms with Crippen LogP contribution in [0.2, 0.25) is 0 Å². The molecule has 0 spiro atoms. The predicted molar refractivity (Wildman–Crippen MR) is 313 cm³/mol. The van der Waals surface area contributed by atoms with Crippen LogP contribution in [0.25, 0.3) is 32.7 Å². The van der Waals surface area contributed by atoms with Gasteiger partial charge in [0.05, 0.1) is 26.4 Å². The number of rotatable bonds is 26. The third-order valence-corrected chi connectivity index (χ3v) is 17.5. The lowest BCUT2D eigenvalue weighted by atomic mass is 9.77. The average molecular weight is 998 g/mol. The van der Waals surface area contributed by atoms with E-state index in [1.54, 1.807) is 0 Å². The summed E-state index contributed by atoms with van der Waals surface area (Å²) < 4.78 is 25.6. The second kappa shape index (κ2) is 28.8. The quantitative estimate of drug-likeness (QED) is 0.0508. The molecule has 9 rings (SSSR count). The Hall–Kier alpha value is -4.96. The number of aryl methyl sites for hydroxylation is 2. The Kier molecular flexibility index (Phi) is 21.0. The monoisotopic (exact) mass is 997 g/mol. The number of hydrogen-bond donors (Lipinski definition) is 0. The number of fused-ring (bicyclic) bond motifs is 7. The fourth-order valence-corrected chi connectivity index (χ4v) is 12.9. The Morgan fingerprint density at radius 3 is 1.24 bits per heavy atom. The fourth-order valence-electron chi connectivity index (χ4n) is 12.9. The van der Waals surface area contributed by atoms with Crippen molar-refractivity contribution in [3.8, 4) is 34.1 Å². The van der Waals surface area contributed by atoms with Gasteiger partial charge in [-0.2, -0.15) is 0 Å². The van der Waals surface area contributed by atoms with E-state index in [4.69, 9.17) is 18.9 Å². The van der Waals surface area contributed by atoms with Gasteiger partial charge >= 0.3 is 0 Å². The first-order chi connectivity index (χ1) is 36.6. The molecule has 0 aromatic heterocycles. The summed E-state index contributed by atoms with van der Waals surface area (Å²) in [5.41, 5.74) is 8.14. The molecule has 0 radical (unpaired) electrons. The minimum absolute atomic E-state index is 0.695. The van der Waals surface area contributed by atoms with Gasteiger partial charge in [0.2, 0.25) is 0 Å². The van der Waals surface area contributed by atoms with Gasteiger partial charge in [-0.25, -0.2) is 0 Å². The second-order valence-electron chi connectivity index (χ2n) is 23.0. The first-order valence-corrected chi connectivity index (χ1v) is 30.4. The fraction of sp³-hybridized carbons (Fsp3) is 0.543. The van der Waals surface area contributed by atoms with Crippen LogP contribution in [-0.4, -0.2) is 26.4 Å². The summed E-state index contributed by atoms with van der Waals surface area (Å²) in [5.74, 6) is 7.32. The number of unbranched alkanes of at least 4 members (excludes halogenated alkanes) is 10. The van der Waals surface area contributed by atoms with Gasteiger partial charge in [0.1, 0.15) is 23.0 Å². The Labute approximate surface area is 447 Å². The maximum absolute atomic E-state index is 6.60. The van der Waals surface area contributed by atoms with Gasteiger partial charge in [-0.3, -0.25) is 0 Å². The molecule has 1 aliphatic heterocycles. The van der Waals surface area contributed by atoms with Crippen LogP contribution in [0.3, 0.4) is 0 Å². The van der Waals surface area contributed by atoms with E-state index in [0.29, 0.717) is 13.2 Å². The van der Waals surface area contributed by atoms with Crippen molar-refractivity contribution in [2.24, 2.45) is 11.8 Å². The van der Waals surface area contributed by atoms with Crippen LogP contribution in [0.1, 0.15) is 215 Å². The number of hydrogen-bond acceptors (Lipinski definition) is 4. The molecule has 2 fully saturated rings. The summed E-state index contributed by atoms with van der Waals surface area (Å²) in [4.78, 5) is 0. The van der Waals surface area contributed by atoms with E-state index >= 15 is 0 Å². The molecular weight excluding hydrogens is 905 g/mol. The topological polar surface area (TPSA) is 36.9 Å². The standard InChI is InChI=1S/C70H92O4/c1-3-5-11-19-53-23-29-57(30-24-53)59-33-39-63(40-34-59)71-47-15-9-7-13-21-55-27-43-65-61(51-55)37-45-67-69(65)70-66-44-28-56(52-62(66)38-46-68(70)74-50-18-17-49-73-67)22-14-8-10-16-48-72-64-41-35-60(36-42-64)58-31-25-54(26-32-58)20-12-6-4-2/h27-28,33-46,51-54,57-58H,3-26,29-32,47-50H2,1-2H3. The summed E-state index contributed by atoms with van der Waals surface area (Å²) in [5, 5.41) is 4.99. The van der Waals surface area contributed by atoms with E-state index in [-0.39, 0.29) is 0 Å². The van der Waals surface area contributed by atoms with Crippen LogP contribution in [0, 0.1) is 11.8 Å². The van der Waals surface area contributed by atoms with Gasteiger partial charge in [-0.1, -0.05) is 164 Å². The first kappa shape index (κ1) is 53.9. The van der Waals surface area contributed by atoms with Gasteiger partial charge in [0.25, 0.3) is 0 Å². The van der Waals surface area contributed by atoms with Crippen LogP contribution in [0.4, 0.5) is 0 Å². The molecular formula is C70H92O4. The molecule has 6 aromatic rings. The smallest absolute Gasteiger partial charge is 0.127 e. The van der Waals surface area contributed by atoms with Gasteiger partial charge in [-0.15, -0.1) is 0 Å². The molecule has 4 nitrogen and oxygen atoms in total. The molecule has 6 aromatic carbocycles. The van der Waals surface area contributed by atoms with Crippen molar-refractivity contribution < 1.29 is 18.9 Å². The van der Waals surface area contributed by atoms with Gasteiger partial charge < -0.3 is 18.9 Å². The highest BCUT2D eigenvalue weighted by Crippen LogP contribution is 2.47. The predicted octanol–water partition coefficient (Wildman–Crippen LogP) is 20.3. The molecule has 3 aliphatic rings. The SMILES string of the molecule is CCCCCC1CCC(c2ccc(OCCCCCCc3ccc4c5c(ccc4c3)OCCCCOc3ccc4cc(CCCCCCOc6ccc(C7CCC(CCCCC)CC7)cc6)ccc4c3-5)cc2)CC1. The van der Waals surface area contributed by atoms with Crippen molar-refractivity contribution in [3.05, 3.63) is 131 Å². The average Bonchev–Trinajstić information content (AvgIpc) is 3.45. The van der Waals surface area contributed by atoms with Crippen molar-refractivity contribution in [1.29, 1.82) is 0 Å². The van der Waals surface area contributed by atoms with Crippen LogP contribution >= 0.6 is 0 Å². The molecule has 2 saturated carbocycles. The van der Waals surface area contributed by atoms with Gasteiger partial charge in [-0.05, 0) is 207 Å². The molecule has 0 amide bonds. The van der Waals surface area contributed by atoms with E-state index in [9.17, 15) is 0 Å². The zero-order valence-corrected chi connectivity index (χ0v) is 46.0. The lowest BCUT2D eigenvalue weighted by Gasteiger charge is -2.29. The van der Waals surface area contributed by atoms with Gasteiger partial charge in [0.15, 0.2) is 0 Å². The highest BCUT2D eigenvalue weighted by molar-refractivity contribution is 6.10. The third-order valence-electron chi connectivity index (χ3n) is 17.5. The van der Waals surface area contributed by atoms with Crippen molar-refractivity contribution in [2.75, 3.05) is 26.4 Å². The van der Waals surface area contributed by atoms with Crippen LogP contribution in [0.15, 0.2) is 109 Å². The molecule has 0 N–H and O–H groups in total. The zero-order valence-electron chi connectivity index (χ0n) is 46.0. The van der Waals surface area contributed by atoms with E-state index in [1.165, 1.54) is 185 Å². The maximum Gasteiger partial charge on any atom is 0.127 e. The lowest BCUT2D eigenvalue weighted by Crippen LogP contribution is -2.13. The molecule has 0 bridgehead atoms. The second-order valence-corrected chi connectivity index (χ2v) is 23.0. The highest BCUT2D eigenvalue weighted by Gasteiger charge is 2.24. The van der Waals surface area contributed by atoms with E-state index in [1.807, 2.05) is 0 Å². The van der Waals surface area contributed by atoms with Crippen molar-refractivity contribution in [2.45, 2.75) is 205 Å². The van der Waals surface area contributed by atoms with Crippen molar-refractivity contribution >= 4 is 21.5 Å². The third kappa shape index (κ3) is 15.3. The summed E-state index contributed by atoms with van der Waals surface area (Å²) in [6, 6.07) is 41.3. The van der Waals surface area contributed by atoms with E-state index in [2.05, 4.69) is 123 Å². The van der Waals surface area contributed by atoms with Crippen molar-refractivity contribution in [3.63, 3.8) is 0 Å². The Morgan fingerprint density at radius 1 is 0.405 bits per heavy atom. The lowest BCUT2D eigenvalue weighted by molar-refractivity contribution is 0.264. The molecule has 0 saturated heterocycles. The molecule has 0 atom stereocenters. The normalized spacial score (nSPS) is 19.1. The maximum atomic E-state index is 6.60.